The van der Waals surface area contributed by atoms with Gasteiger partial charge in [0.2, 0.25) is 0 Å². The van der Waals surface area contributed by atoms with Crippen molar-refractivity contribution in [2.75, 3.05) is 13.6 Å². The van der Waals surface area contributed by atoms with Crippen LogP contribution >= 0.6 is 0 Å². The second-order valence-corrected chi connectivity index (χ2v) is 7.57. The molecule has 0 saturated heterocycles. The Morgan fingerprint density at radius 1 is 1.21 bits per heavy atom. The van der Waals surface area contributed by atoms with Gasteiger partial charge in [-0.05, 0) is 51.2 Å². The van der Waals surface area contributed by atoms with E-state index >= 15 is 0 Å². The molecule has 1 saturated carbocycles. The summed E-state index contributed by atoms with van der Waals surface area (Å²) in [7, 11) is 1.70. The first kappa shape index (κ1) is 22.8. The third-order valence-corrected chi connectivity index (χ3v) is 4.97. The highest BCUT2D eigenvalue weighted by atomic mass is 16.5. The number of hydrazine groups is 2. The van der Waals surface area contributed by atoms with Gasteiger partial charge in [0.05, 0.1) is 35.4 Å². The predicted octanol–water partition coefficient (Wildman–Crippen LogP) is 1.78. The van der Waals surface area contributed by atoms with E-state index in [4.69, 9.17) is 27.9 Å². The molecule has 1 aromatic rings. The van der Waals surface area contributed by atoms with Crippen molar-refractivity contribution in [1.82, 2.24) is 15.1 Å². The third kappa shape index (κ3) is 6.79. The Bertz CT molecular complexity index is 725. The van der Waals surface area contributed by atoms with Gasteiger partial charge in [0.15, 0.2) is 0 Å². The van der Waals surface area contributed by atoms with Gasteiger partial charge < -0.3 is 21.2 Å². The van der Waals surface area contributed by atoms with Gasteiger partial charge in [-0.15, -0.1) is 5.10 Å². The smallest absolute Gasteiger partial charge is 0.140 e. The number of amidine groups is 1. The van der Waals surface area contributed by atoms with Crippen LogP contribution < -0.4 is 27.9 Å². The summed E-state index contributed by atoms with van der Waals surface area (Å²) in [6.07, 6.45) is 7.76. The lowest BCUT2D eigenvalue weighted by Crippen LogP contribution is -2.38. The molecule has 2 rings (SSSR count). The fourth-order valence-electron chi connectivity index (χ4n) is 3.38. The van der Waals surface area contributed by atoms with Crippen molar-refractivity contribution in [1.29, 1.82) is 0 Å². The average molecular weight is 405 g/mol. The first-order valence-corrected chi connectivity index (χ1v) is 10.3. The largest absolute Gasteiger partial charge is 0.489 e. The van der Waals surface area contributed by atoms with Crippen LogP contribution in [0.15, 0.2) is 22.9 Å². The molecule has 0 unspecified atom stereocenters. The summed E-state index contributed by atoms with van der Waals surface area (Å²) in [6, 6.07) is 3.77. The van der Waals surface area contributed by atoms with Crippen LogP contribution in [0.25, 0.3) is 5.70 Å². The molecular weight excluding hydrogens is 368 g/mol. The fourth-order valence-corrected chi connectivity index (χ4v) is 3.38. The zero-order valence-electron chi connectivity index (χ0n) is 17.9. The van der Waals surface area contributed by atoms with Crippen molar-refractivity contribution < 1.29 is 4.74 Å². The van der Waals surface area contributed by atoms with Gasteiger partial charge in [-0.3, -0.25) is 0 Å². The number of pyridine rings is 1. The molecule has 9 heteroatoms. The van der Waals surface area contributed by atoms with Crippen LogP contribution in [0.2, 0.25) is 0 Å². The highest BCUT2D eigenvalue weighted by Crippen LogP contribution is 2.26. The zero-order chi connectivity index (χ0) is 21.4. The average Bonchev–Trinajstić information content (AvgIpc) is 2.68. The van der Waals surface area contributed by atoms with Crippen LogP contribution in [0, 0.1) is 6.92 Å². The minimum absolute atomic E-state index is 0.199. The number of aryl methyl sites for hydroxylation is 1. The number of rotatable bonds is 9. The first-order chi connectivity index (χ1) is 13.8. The molecule has 0 atom stereocenters. The lowest BCUT2D eigenvalue weighted by molar-refractivity contribution is 0.153. The summed E-state index contributed by atoms with van der Waals surface area (Å²) in [5.41, 5.74) is 14.7. The molecule has 1 heterocycles. The second-order valence-electron chi connectivity index (χ2n) is 7.57. The van der Waals surface area contributed by atoms with Gasteiger partial charge in [0.1, 0.15) is 11.6 Å². The van der Waals surface area contributed by atoms with Crippen LogP contribution in [0.1, 0.15) is 63.3 Å². The van der Waals surface area contributed by atoms with E-state index in [1.807, 2.05) is 26.0 Å². The molecule has 0 spiro atoms. The normalized spacial score (nSPS) is 16.4. The SMILES string of the molecule is CCC/C(N)=N/N(N)C/C(=C(/N)c1ccc(OC2CCCCC2)c(C)n1)N(C)N. The summed E-state index contributed by atoms with van der Waals surface area (Å²) in [6.45, 7) is 4.14. The molecule has 0 aliphatic heterocycles. The Morgan fingerprint density at radius 3 is 2.48 bits per heavy atom. The Hall–Kier alpha value is -2.52. The number of hydrogen-bond acceptors (Lipinski definition) is 8. The van der Waals surface area contributed by atoms with Gasteiger partial charge in [0, 0.05) is 13.5 Å². The highest BCUT2D eigenvalue weighted by molar-refractivity contribution is 5.79. The number of nitrogens with two attached hydrogens (primary N) is 4. The van der Waals surface area contributed by atoms with Gasteiger partial charge in [-0.25, -0.2) is 21.8 Å². The summed E-state index contributed by atoms with van der Waals surface area (Å²) in [5.74, 6) is 13.2. The van der Waals surface area contributed by atoms with Crippen molar-refractivity contribution in [2.24, 2.45) is 28.3 Å². The molecule has 0 aromatic carbocycles. The lowest BCUT2D eigenvalue weighted by Gasteiger charge is -2.25. The van der Waals surface area contributed by atoms with Gasteiger partial charge in [0.25, 0.3) is 0 Å². The van der Waals surface area contributed by atoms with E-state index < -0.39 is 0 Å². The number of nitrogens with zero attached hydrogens (tertiary/aromatic N) is 4. The van der Waals surface area contributed by atoms with Crippen molar-refractivity contribution >= 4 is 11.5 Å². The molecule has 162 valence electrons. The van der Waals surface area contributed by atoms with Crippen LogP contribution in [0.3, 0.4) is 0 Å². The molecule has 1 aromatic heterocycles. The van der Waals surface area contributed by atoms with Crippen LogP contribution in [-0.2, 0) is 0 Å². The first-order valence-electron chi connectivity index (χ1n) is 10.3. The van der Waals surface area contributed by atoms with E-state index in [1.165, 1.54) is 29.4 Å². The van der Waals surface area contributed by atoms with Crippen molar-refractivity contribution in [3.63, 3.8) is 0 Å². The molecule has 0 bridgehead atoms. The van der Waals surface area contributed by atoms with Crippen LogP contribution in [0.4, 0.5) is 0 Å². The monoisotopic (exact) mass is 404 g/mol. The number of aromatic nitrogens is 1. The lowest BCUT2D eigenvalue weighted by atomic mass is 9.98. The Labute approximate surface area is 173 Å². The molecule has 29 heavy (non-hydrogen) atoms. The minimum Gasteiger partial charge on any atom is -0.489 e. The third-order valence-electron chi connectivity index (χ3n) is 4.97. The van der Waals surface area contributed by atoms with E-state index in [9.17, 15) is 0 Å². The van der Waals surface area contributed by atoms with Gasteiger partial charge in [-0.1, -0.05) is 13.3 Å². The zero-order valence-corrected chi connectivity index (χ0v) is 17.9. The topological polar surface area (TPSA) is 145 Å². The number of ether oxygens (including phenoxy) is 1. The highest BCUT2D eigenvalue weighted by Gasteiger charge is 2.18. The van der Waals surface area contributed by atoms with E-state index in [0.717, 1.165) is 30.7 Å². The molecule has 8 N–H and O–H groups in total. The van der Waals surface area contributed by atoms with Gasteiger partial charge in [-0.2, -0.15) is 0 Å². The van der Waals surface area contributed by atoms with E-state index in [0.29, 0.717) is 29.3 Å². The van der Waals surface area contributed by atoms with Crippen LogP contribution in [0.5, 0.6) is 5.75 Å². The van der Waals surface area contributed by atoms with E-state index in [2.05, 4.69) is 10.1 Å². The van der Waals surface area contributed by atoms with Crippen LogP contribution in [-0.4, -0.2) is 40.6 Å². The molecule has 0 radical (unpaired) electrons. The Morgan fingerprint density at radius 2 is 1.90 bits per heavy atom. The van der Waals surface area contributed by atoms with E-state index in [1.54, 1.807) is 7.05 Å². The Balaban J connectivity index is 2.18. The molecule has 0 amide bonds. The maximum absolute atomic E-state index is 6.37. The fraction of sp³-hybridized carbons (Fsp3) is 0.600. The molecular formula is C20H36N8O. The molecule has 1 aliphatic carbocycles. The summed E-state index contributed by atoms with van der Waals surface area (Å²) >= 11 is 0. The van der Waals surface area contributed by atoms with E-state index in [-0.39, 0.29) is 12.6 Å². The number of hydrogen-bond donors (Lipinski definition) is 4. The van der Waals surface area contributed by atoms with Crippen molar-refractivity contribution in [3.05, 3.63) is 29.2 Å². The molecule has 1 fully saturated rings. The number of likely N-dealkylation sites (N-methyl/N-ethyl adjacent to an activating group) is 1. The Kier molecular flexibility index (Phi) is 8.53. The summed E-state index contributed by atoms with van der Waals surface area (Å²) < 4.78 is 6.15. The maximum Gasteiger partial charge on any atom is 0.140 e. The van der Waals surface area contributed by atoms with Crippen molar-refractivity contribution in [2.45, 2.75) is 64.9 Å². The maximum atomic E-state index is 6.37. The van der Waals surface area contributed by atoms with Crippen molar-refractivity contribution in [3.8, 4) is 5.75 Å². The summed E-state index contributed by atoms with van der Waals surface area (Å²) in [4.78, 5) is 4.63. The standard InChI is InChI=1S/C20H36N8O/c1-4-8-19(21)26-28(24)13-17(27(3)23)20(22)16-11-12-18(14(2)25-16)29-15-9-6-5-7-10-15/h11-12,15H,4-10,13,22-24H2,1-3H3,(H2,21,26)/b20-17-. The van der Waals surface area contributed by atoms with Gasteiger partial charge >= 0.3 is 0 Å². The minimum atomic E-state index is 0.199. The molecule has 1 aliphatic rings. The number of hydrazone groups is 1. The quantitative estimate of drug-likeness (QED) is 0.211. The predicted molar refractivity (Wildman–Crippen MR) is 117 cm³/mol. The molecule has 9 nitrogen and oxygen atoms in total. The second kappa shape index (κ2) is 10.9. The summed E-state index contributed by atoms with van der Waals surface area (Å²) in [5, 5.41) is 6.82.